The minimum absolute atomic E-state index is 0.154. The van der Waals surface area contributed by atoms with Gasteiger partial charge in [-0.3, -0.25) is 4.79 Å². The predicted molar refractivity (Wildman–Crippen MR) is 111 cm³/mol. The summed E-state index contributed by atoms with van der Waals surface area (Å²) in [6.07, 6.45) is 5.58. The zero-order chi connectivity index (χ0) is 19.9. The average molecular weight is 404 g/mol. The highest BCUT2D eigenvalue weighted by Gasteiger charge is 2.14. The molecule has 1 aliphatic carbocycles. The van der Waals surface area contributed by atoms with Gasteiger partial charge in [0.15, 0.2) is 0 Å². The molecule has 1 aromatic heterocycles. The number of thioether (sulfide) groups is 1. The van der Waals surface area contributed by atoms with Crippen LogP contribution in [0.25, 0.3) is 0 Å². The van der Waals surface area contributed by atoms with Crippen molar-refractivity contribution < 1.29 is 9.53 Å². The minimum Gasteiger partial charge on any atom is -0.497 e. The number of amides is 1. The standard InChI is InChI=1S/C18H25N7O2S/c1-12-10-14(27-2)8-9-15(12)20-16(26)11-28-18-24-23-17(25(18)19)22-21-13-6-4-3-5-7-13/h8-10H,3-7,11,19H2,1-2H3,(H,20,26)(H,22,23). The van der Waals surface area contributed by atoms with Crippen LogP contribution < -0.4 is 21.3 Å². The van der Waals surface area contributed by atoms with E-state index in [1.807, 2.05) is 19.1 Å². The Kier molecular flexibility index (Phi) is 6.75. The molecular formula is C18H25N7O2S. The van der Waals surface area contributed by atoms with Crippen LogP contribution in [0.1, 0.15) is 37.7 Å². The van der Waals surface area contributed by atoms with Gasteiger partial charge in [0, 0.05) is 11.4 Å². The summed E-state index contributed by atoms with van der Waals surface area (Å²) >= 11 is 1.21. The van der Waals surface area contributed by atoms with Gasteiger partial charge < -0.3 is 15.9 Å². The maximum Gasteiger partial charge on any atom is 0.264 e. The Hall–Kier alpha value is -2.75. The SMILES string of the molecule is COc1ccc(NC(=O)CSc2nnc(NN=C3CCCCC3)n2N)c(C)c1. The molecule has 0 bridgehead atoms. The average Bonchev–Trinajstić information content (AvgIpc) is 3.06. The second-order valence-electron chi connectivity index (χ2n) is 6.54. The number of hydrogen-bond donors (Lipinski definition) is 3. The van der Waals surface area contributed by atoms with Gasteiger partial charge >= 0.3 is 0 Å². The molecule has 1 aromatic carbocycles. The molecule has 28 heavy (non-hydrogen) atoms. The first kappa shape index (κ1) is 20.0. The van der Waals surface area contributed by atoms with Gasteiger partial charge in [-0.05, 0) is 56.4 Å². The monoisotopic (exact) mass is 403 g/mol. The second-order valence-corrected chi connectivity index (χ2v) is 7.49. The maximum absolute atomic E-state index is 12.2. The van der Waals surface area contributed by atoms with Crippen molar-refractivity contribution in [1.82, 2.24) is 14.9 Å². The number of rotatable bonds is 7. The largest absolute Gasteiger partial charge is 0.497 e. The van der Waals surface area contributed by atoms with E-state index in [4.69, 9.17) is 10.6 Å². The first-order chi connectivity index (χ1) is 13.6. The smallest absolute Gasteiger partial charge is 0.264 e. The molecular weight excluding hydrogens is 378 g/mol. The number of ether oxygens (including phenoxy) is 1. The molecule has 0 spiro atoms. The van der Waals surface area contributed by atoms with E-state index in [0.717, 1.165) is 35.6 Å². The van der Waals surface area contributed by atoms with Crippen LogP contribution in [-0.2, 0) is 4.79 Å². The minimum atomic E-state index is -0.154. The summed E-state index contributed by atoms with van der Waals surface area (Å²) in [5, 5.41) is 15.7. The number of methoxy groups -OCH3 is 1. The topological polar surface area (TPSA) is 119 Å². The van der Waals surface area contributed by atoms with Crippen LogP contribution in [0, 0.1) is 6.92 Å². The third-order valence-corrected chi connectivity index (χ3v) is 5.39. The number of nitrogens with zero attached hydrogens (tertiary/aromatic N) is 4. The number of nitrogen functional groups attached to an aromatic ring is 1. The van der Waals surface area contributed by atoms with Crippen molar-refractivity contribution in [2.45, 2.75) is 44.2 Å². The summed E-state index contributed by atoms with van der Waals surface area (Å²) in [7, 11) is 1.61. The van der Waals surface area contributed by atoms with E-state index in [-0.39, 0.29) is 11.7 Å². The molecule has 1 heterocycles. The Bertz CT molecular complexity index is 858. The summed E-state index contributed by atoms with van der Waals surface area (Å²) in [6.45, 7) is 1.91. The third-order valence-electron chi connectivity index (χ3n) is 4.45. The summed E-state index contributed by atoms with van der Waals surface area (Å²) in [5.41, 5.74) is 5.66. The fraction of sp³-hybridized carbons (Fsp3) is 0.444. The van der Waals surface area contributed by atoms with Gasteiger partial charge in [0.2, 0.25) is 11.1 Å². The highest BCUT2D eigenvalue weighted by Crippen LogP contribution is 2.22. The molecule has 0 saturated heterocycles. The Morgan fingerprint density at radius 2 is 2.11 bits per heavy atom. The Morgan fingerprint density at radius 3 is 2.82 bits per heavy atom. The van der Waals surface area contributed by atoms with Crippen molar-refractivity contribution in [3.63, 3.8) is 0 Å². The van der Waals surface area contributed by atoms with E-state index in [9.17, 15) is 4.79 Å². The van der Waals surface area contributed by atoms with Crippen LogP contribution in [0.2, 0.25) is 0 Å². The van der Waals surface area contributed by atoms with Crippen LogP contribution in [0.3, 0.4) is 0 Å². The summed E-state index contributed by atoms with van der Waals surface area (Å²) in [5.74, 6) is 7.12. The molecule has 1 amide bonds. The summed E-state index contributed by atoms with van der Waals surface area (Å²) in [6, 6.07) is 5.48. The van der Waals surface area contributed by atoms with Crippen LogP contribution in [-0.4, -0.2) is 39.4 Å². The van der Waals surface area contributed by atoms with E-state index in [0.29, 0.717) is 11.1 Å². The molecule has 10 heteroatoms. The van der Waals surface area contributed by atoms with E-state index in [1.165, 1.54) is 35.7 Å². The van der Waals surface area contributed by atoms with Gasteiger partial charge in [-0.2, -0.15) is 5.10 Å². The van der Waals surface area contributed by atoms with E-state index >= 15 is 0 Å². The van der Waals surface area contributed by atoms with Crippen molar-refractivity contribution in [1.29, 1.82) is 0 Å². The first-order valence-electron chi connectivity index (χ1n) is 9.16. The van der Waals surface area contributed by atoms with Gasteiger partial charge in [-0.25, -0.2) is 10.1 Å². The fourth-order valence-electron chi connectivity index (χ4n) is 2.87. The van der Waals surface area contributed by atoms with Crippen molar-refractivity contribution in [3.05, 3.63) is 23.8 Å². The molecule has 1 fully saturated rings. The molecule has 1 saturated carbocycles. The molecule has 0 radical (unpaired) electrons. The van der Waals surface area contributed by atoms with Crippen molar-refractivity contribution in [2.24, 2.45) is 5.10 Å². The number of nitrogens with one attached hydrogen (secondary N) is 2. The van der Waals surface area contributed by atoms with Gasteiger partial charge in [-0.15, -0.1) is 10.2 Å². The molecule has 3 rings (SSSR count). The maximum atomic E-state index is 12.2. The van der Waals surface area contributed by atoms with Gasteiger partial charge in [-0.1, -0.05) is 18.2 Å². The number of nitrogens with two attached hydrogens (primary N) is 1. The second kappa shape index (κ2) is 9.45. The van der Waals surface area contributed by atoms with Crippen molar-refractivity contribution >= 4 is 35.0 Å². The lowest BCUT2D eigenvalue weighted by Gasteiger charge is -2.12. The van der Waals surface area contributed by atoms with Crippen LogP contribution >= 0.6 is 11.8 Å². The Balaban J connectivity index is 1.53. The fourth-order valence-corrected chi connectivity index (χ4v) is 3.53. The molecule has 2 aromatic rings. The molecule has 0 atom stereocenters. The number of aryl methyl sites for hydroxylation is 1. The van der Waals surface area contributed by atoms with E-state index in [1.54, 1.807) is 13.2 Å². The van der Waals surface area contributed by atoms with Gasteiger partial charge in [0.1, 0.15) is 5.75 Å². The van der Waals surface area contributed by atoms with Gasteiger partial charge in [0.25, 0.3) is 5.95 Å². The van der Waals surface area contributed by atoms with Crippen molar-refractivity contribution in [2.75, 3.05) is 29.4 Å². The molecule has 4 N–H and O–H groups in total. The van der Waals surface area contributed by atoms with Gasteiger partial charge in [0.05, 0.1) is 12.9 Å². The van der Waals surface area contributed by atoms with Crippen LogP contribution in [0.5, 0.6) is 5.75 Å². The number of carbonyl (C=O) groups is 1. The summed E-state index contributed by atoms with van der Waals surface area (Å²) < 4.78 is 6.48. The lowest BCUT2D eigenvalue weighted by molar-refractivity contribution is -0.113. The molecule has 9 nitrogen and oxygen atoms in total. The number of anilines is 2. The lowest BCUT2D eigenvalue weighted by Crippen LogP contribution is -2.17. The predicted octanol–water partition coefficient (Wildman–Crippen LogP) is 2.77. The molecule has 0 aliphatic heterocycles. The first-order valence-corrected chi connectivity index (χ1v) is 10.1. The molecule has 1 aliphatic rings. The number of carbonyl (C=O) groups excluding carboxylic acids is 1. The zero-order valence-corrected chi connectivity index (χ0v) is 16.9. The third kappa shape index (κ3) is 5.16. The normalized spacial score (nSPS) is 13.9. The highest BCUT2D eigenvalue weighted by atomic mass is 32.2. The molecule has 0 unspecified atom stereocenters. The van der Waals surface area contributed by atoms with Crippen LogP contribution in [0.15, 0.2) is 28.5 Å². The van der Waals surface area contributed by atoms with Crippen LogP contribution in [0.4, 0.5) is 11.6 Å². The van der Waals surface area contributed by atoms with E-state index in [2.05, 4.69) is 26.0 Å². The number of hydrogen-bond acceptors (Lipinski definition) is 8. The molecule has 150 valence electrons. The number of benzene rings is 1. The highest BCUT2D eigenvalue weighted by molar-refractivity contribution is 7.99. The lowest BCUT2D eigenvalue weighted by atomic mass is 9.99. The number of aromatic nitrogens is 3. The quantitative estimate of drug-likeness (QED) is 0.369. The Morgan fingerprint density at radius 1 is 1.32 bits per heavy atom. The van der Waals surface area contributed by atoms with E-state index < -0.39 is 0 Å². The summed E-state index contributed by atoms with van der Waals surface area (Å²) in [4.78, 5) is 12.2. The zero-order valence-electron chi connectivity index (χ0n) is 16.1. The van der Waals surface area contributed by atoms with Crippen molar-refractivity contribution in [3.8, 4) is 5.75 Å². The number of hydrazone groups is 1. The Labute approximate surface area is 168 Å².